The lowest BCUT2D eigenvalue weighted by Crippen LogP contribution is -2.28. The van der Waals surface area contributed by atoms with Crippen LogP contribution in [-0.2, 0) is 4.79 Å². The molecule has 0 aliphatic carbocycles. The van der Waals surface area contributed by atoms with E-state index in [9.17, 15) is 4.79 Å². The summed E-state index contributed by atoms with van der Waals surface area (Å²) in [5.74, 6) is 6.68. The van der Waals surface area contributed by atoms with Gasteiger partial charge in [0, 0.05) is 10.6 Å². The maximum absolute atomic E-state index is 12.5. The molecule has 0 fully saturated rings. The van der Waals surface area contributed by atoms with E-state index in [0.29, 0.717) is 16.0 Å². The third-order valence-corrected chi connectivity index (χ3v) is 6.15. The van der Waals surface area contributed by atoms with E-state index in [2.05, 4.69) is 39.8 Å². The second-order valence-corrected chi connectivity index (χ2v) is 8.63. The highest BCUT2D eigenvalue weighted by molar-refractivity contribution is 7.99. The Hall–Kier alpha value is -3.29. The number of hydrogen-bond donors (Lipinski definition) is 2. The highest BCUT2D eigenvalue weighted by atomic mass is 35.5. The van der Waals surface area contributed by atoms with Gasteiger partial charge in [-0.15, -0.1) is 10.2 Å². The first-order valence-corrected chi connectivity index (χ1v) is 11.4. The van der Waals surface area contributed by atoms with Crippen molar-refractivity contribution < 1.29 is 4.79 Å². The smallest absolute Gasteiger partial charge is 0.230 e. The molecule has 0 aliphatic rings. The van der Waals surface area contributed by atoms with Crippen molar-refractivity contribution in [3.8, 4) is 22.5 Å². The van der Waals surface area contributed by atoms with Crippen LogP contribution < -0.4 is 11.2 Å². The fourth-order valence-corrected chi connectivity index (χ4v) is 4.15. The molecule has 4 aromatic rings. The quantitative estimate of drug-likeness (QED) is 0.299. The van der Waals surface area contributed by atoms with Crippen LogP contribution in [-0.4, -0.2) is 26.5 Å². The van der Waals surface area contributed by atoms with Crippen molar-refractivity contribution in [3.05, 3.63) is 89.4 Å². The van der Waals surface area contributed by atoms with Gasteiger partial charge in [-0.3, -0.25) is 4.79 Å². The topological polar surface area (TPSA) is 85.8 Å². The summed E-state index contributed by atoms with van der Waals surface area (Å²) in [5.41, 5.74) is 4.10. The molecule has 1 aromatic heterocycles. The van der Waals surface area contributed by atoms with Crippen molar-refractivity contribution in [2.45, 2.75) is 18.1 Å². The summed E-state index contributed by atoms with van der Waals surface area (Å²) in [5, 5.41) is 12.3. The highest BCUT2D eigenvalue weighted by Crippen LogP contribution is 2.24. The minimum Gasteiger partial charge on any atom is -0.349 e. The number of nitrogens with one attached hydrogen (secondary N) is 1. The number of carbonyl (C=O) groups excluding carboxylic acids is 1. The number of halogens is 1. The summed E-state index contributed by atoms with van der Waals surface area (Å²) >= 11 is 7.27. The maximum Gasteiger partial charge on any atom is 0.230 e. The summed E-state index contributed by atoms with van der Waals surface area (Å²) < 4.78 is 1.37. The second kappa shape index (κ2) is 9.89. The number of hydrogen-bond acceptors (Lipinski definition) is 5. The molecule has 1 unspecified atom stereocenters. The molecule has 1 amide bonds. The molecule has 6 nitrogen and oxygen atoms in total. The van der Waals surface area contributed by atoms with Crippen molar-refractivity contribution in [2.24, 2.45) is 0 Å². The van der Waals surface area contributed by atoms with Crippen LogP contribution in [0.4, 0.5) is 0 Å². The molecule has 32 heavy (non-hydrogen) atoms. The average molecular weight is 464 g/mol. The van der Waals surface area contributed by atoms with Gasteiger partial charge in [0.1, 0.15) is 0 Å². The number of aromatic nitrogens is 3. The Morgan fingerprint density at radius 2 is 1.69 bits per heavy atom. The molecular weight excluding hydrogens is 442 g/mol. The second-order valence-electron chi connectivity index (χ2n) is 7.25. The number of carbonyl (C=O) groups is 1. The Labute approximate surface area is 195 Å². The van der Waals surface area contributed by atoms with Gasteiger partial charge >= 0.3 is 0 Å². The Morgan fingerprint density at radius 1 is 1.00 bits per heavy atom. The lowest BCUT2D eigenvalue weighted by atomic mass is 10.0. The Kier molecular flexibility index (Phi) is 6.78. The Morgan fingerprint density at radius 3 is 2.41 bits per heavy atom. The lowest BCUT2D eigenvalue weighted by molar-refractivity contribution is -0.119. The van der Waals surface area contributed by atoms with Gasteiger partial charge in [-0.2, -0.15) is 0 Å². The van der Waals surface area contributed by atoms with Crippen molar-refractivity contribution in [1.82, 2.24) is 20.2 Å². The lowest BCUT2D eigenvalue weighted by Gasteiger charge is -2.15. The Bertz CT molecular complexity index is 1210. The van der Waals surface area contributed by atoms with E-state index in [4.69, 9.17) is 17.4 Å². The van der Waals surface area contributed by atoms with Crippen LogP contribution >= 0.6 is 23.4 Å². The first-order chi connectivity index (χ1) is 15.5. The SMILES string of the molecule is CC(NC(=O)CSc1nnc(-c2cccc(Cl)c2)n1N)c1ccc(-c2ccccc2)cc1. The largest absolute Gasteiger partial charge is 0.349 e. The highest BCUT2D eigenvalue weighted by Gasteiger charge is 2.15. The van der Waals surface area contributed by atoms with Gasteiger partial charge in [0.05, 0.1) is 11.8 Å². The molecule has 0 saturated carbocycles. The van der Waals surface area contributed by atoms with E-state index in [-0.39, 0.29) is 17.7 Å². The first-order valence-electron chi connectivity index (χ1n) is 10.1. The maximum atomic E-state index is 12.5. The zero-order valence-corrected chi connectivity index (χ0v) is 19.0. The number of rotatable bonds is 7. The van der Waals surface area contributed by atoms with Gasteiger partial charge in [0.15, 0.2) is 5.82 Å². The molecule has 0 aliphatic heterocycles. The molecule has 3 aromatic carbocycles. The van der Waals surface area contributed by atoms with Gasteiger partial charge in [-0.05, 0) is 35.7 Å². The molecule has 8 heteroatoms. The van der Waals surface area contributed by atoms with Gasteiger partial charge in [-0.25, -0.2) is 4.68 Å². The Balaban J connectivity index is 1.34. The van der Waals surface area contributed by atoms with E-state index >= 15 is 0 Å². The molecule has 0 radical (unpaired) electrons. The molecule has 1 atom stereocenters. The van der Waals surface area contributed by atoms with Crippen LogP contribution in [0.1, 0.15) is 18.5 Å². The number of thioether (sulfide) groups is 1. The van der Waals surface area contributed by atoms with Crippen molar-refractivity contribution in [3.63, 3.8) is 0 Å². The molecular formula is C24H22ClN5OS. The molecule has 3 N–H and O–H groups in total. The van der Waals surface area contributed by atoms with Crippen LogP contribution in [0.2, 0.25) is 5.02 Å². The molecule has 0 spiro atoms. The molecule has 0 saturated heterocycles. The predicted molar refractivity (Wildman–Crippen MR) is 130 cm³/mol. The van der Waals surface area contributed by atoms with E-state index in [1.807, 2.05) is 49.4 Å². The van der Waals surface area contributed by atoms with E-state index < -0.39 is 0 Å². The van der Waals surface area contributed by atoms with E-state index in [1.54, 1.807) is 12.1 Å². The van der Waals surface area contributed by atoms with Crippen molar-refractivity contribution in [2.75, 3.05) is 11.6 Å². The van der Waals surface area contributed by atoms with E-state index in [0.717, 1.165) is 22.3 Å². The average Bonchev–Trinajstić information content (AvgIpc) is 3.18. The molecule has 162 valence electrons. The minimum absolute atomic E-state index is 0.109. The zero-order valence-electron chi connectivity index (χ0n) is 17.4. The fourth-order valence-electron chi connectivity index (χ4n) is 3.29. The summed E-state index contributed by atoms with van der Waals surface area (Å²) in [6, 6.07) is 25.5. The number of benzene rings is 3. The first kappa shape index (κ1) is 21.9. The van der Waals surface area contributed by atoms with Gasteiger partial charge in [0.2, 0.25) is 11.1 Å². The van der Waals surface area contributed by atoms with Gasteiger partial charge < -0.3 is 11.2 Å². The summed E-state index contributed by atoms with van der Waals surface area (Å²) in [7, 11) is 0. The predicted octanol–water partition coefficient (Wildman–Crippen LogP) is 4.95. The number of nitrogens with two attached hydrogens (primary N) is 1. The van der Waals surface area contributed by atoms with Crippen LogP contribution in [0.25, 0.3) is 22.5 Å². The normalized spacial score (nSPS) is 11.8. The van der Waals surface area contributed by atoms with Crippen LogP contribution in [0.3, 0.4) is 0 Å². The van der Waals surface area contributed by atoms with Gasteiger partial charge in [0.25, 0.3) is 0 Å². The molecule has 4 rings (SSSR count). The molecule has 0 bridgehead atoms. The van der Waals surface area contributed by atoms with E-state index in [1.165, 1.54) is 16.4 Å². The standard InChI is InChI=1S/C24H22ClN5OS/c1-16(17-10-12-19(13-11-17)18-6-3-2-4-7-18)27-22(31)15-32-24-29-28-23(30(24)26)20-8-5-9-21(25)14-20/h2-14,16H,15,26H2,1H3,(H,27,31). The van der Waals surface area contributed by atoms with Crippen molar-refractivity contribution >= 4 is 29.3 Å². The van der Waals surface area contributed by atoms with Crippen molar-refractivity contribution in [1.29, 1.82) is 0 Å². The third kappa shape index (κ3) is 5.12. The summed E-state index contributed by atoms with van der Waals surface area (Å²) in [4.78, 5) is 12.5. The minimum atomic E-state index is -0.120. The number of nitrogens with zero attached hydrogens (tertiary/aromatic N) is 3. The van der Waals surface area contributed by atoms with Crippen LogP contribution in [0, 0.1) is 0 Å². The van der Waals surface area contributed by atoms with Gasteiger partial charge in [-0.1, -0.05) is 90.1 Å². The summed E-state index contributed by atoms with van der Waals surface area (Å²) in [6.07, 6.45) is 0. The third-order valence-electron chi connectivity index (χ3n) is 4.98. The fraction of sp³-hybridized carbons (Fsp3) is 0.125. The van der Waals surface area contributed by atoms with Crippen LogP contribution in [0.15, 0.2) is 84.0 Å². The molecule has 1 heterocycles. The number of amides is 1. The number of nitrogen functional groups attached to an aromatic ring is 1. The zero-order chi connectivity index (χ0) is 22.5. The monoisotopic (exact) mass is 463 g/mol. The summed E-state index contributed by atoms with van der Waals surface area (Å²) in [6.45, 7) is 1.96. The van der Waals surface area contributed by atoms with Crippen LogP contribution in [0.5, 0.6) is 0 Å².